The smallest absolute Gasteiger partial charge is 0.310 e. The van der Waals surface area contributed by atoms with E-state index in [9.17, 15) is 39.4 Å². The Morgan fingerprint density at radius 2 is 1.16 bits per heavy atom. The number of piperidine rings is 2. The number of carbonyl (C=O) groups excluding carboxylic acids is 4. The quantitative estimate of drug-likeness (QED) is 0.122. The standard InChI is InChI=1S/C34H38N4O10S/c1-3-47-33(41)25-7-5-17-35(21-25)31(39)15-11-23-9-13-29(27(19-23)37(43)44)49-30-14-10-24(20-28(30)38(45)46)12-16-32(40)36-18-6-8-26(22-36)34(42)48-4-2/h9-16,19-20,25-26H,3-8,17-18,21-22H2,1-2H3/b15-11+,16-12+. The van der Waals surface area contributed by atoms with Crippen molar-refractivity contribution in [3.8, 4) is 0 Å². The van der Waals surface area contributed by atoms with Gasteiger partial charge >= 0.3 is 11.9 Å². The van der Waals surface area contributed by atoms with Crippen LogP contribution in [0.25, 0.3) is 12.2 Å². The zero-order valence-electron chi connectivity index (χ0n) is 27.3. The third-order valence-corrected chi connectivity index (χ3v) is 9.25. The van der Waals surface area contributed by atoms with E-state index in [1.54, 1.807) is 35.8 Å². The number of hydrogen-bond acceptors (Lipinski definition) is 11. The molecule has 2 atom stereocenters. The Morgan fingerprint density at radius 3 is 1.53 bits per heavy atom. The highest BCUT2D eigenvalue weighted by atomic mass is 32.2. The maximum absolute atomic E-state index is 12.8. The fraction of sp³-hybridized carbons (Fsp3) is 0.412. The monoisotopic (exact) mass is 694 g/mol. The Bertz CT molecular complexity index is 1540. The second kappa shape index (κ2) is 17.4. The van der Waals surface area contributed by atoms with Gasteiger partial charge in [0.25, 0.3) is 11.4 Å². The Labute approximate surface area is 287 Å². The minimum atomic E-state index is -0.599. The number of rotatable bonds is 12. The number of nitro benzene ring substituents is 2. The molecule has 2 saturated heterocycles. The van der Waals surface area contributed by atoms with E-state index in [1.807, 2.05) is 0 Å². The molecule has 4 rings (SSSR count). The van der Waals surface area contributed by atoms with Gasteiger partial charge in [-0.3, -0.25) is 39.4 Å². The molecule has 0 saturated carbocycles. The van der Waals surface area contributed by atoms with Gasteiger partial charge in [0.1, 0.15) is 0 Å². The lowest BCUT2D eigenvalue weighted by molar-refractivity contribution is -0.388. The molecule has 0 N–H and O–H groups in total. The summed E-state index contributed by atoms with van der Waals surface area (Å²) in [5, 5.41) is 24.0. The van der Waals surface area contributed by atoms with Crippen molar-refractivity contribution < 1.29 is 38.5 Å². The fourth-order valence-corrected chi connectivity index (χ4v) is 6.64. The molecule has 15 heteroatoms. The van der Waals surface area contributed by atoms with Crippen molar-refractivity contribution in [3.63, 3.8) is 0 Å². The second-order valence-electron chi connectivity index (χ2n) is 11.5. The summed E-state index contributed by atoms with van der Waals surface area (Å²) in [6, 6.07) is 8.62. The van der Waals surface area contributed by atoms with Gasteiger partial charge in [0.2, 0.25) is 11.8 Å². The summed E-state index contributed by atoms with van der Waals surface area (Å²) in [5.41, 5.74) is 0.161. The van der Waals surface area contributed by atoms with Crippen LogP contribution < -0.4 is 0 Å². The van der Waals surface area contributed by atoms with Gasteiger partial charge in [0, 0.05) is 50.5 Å². The zero-order valence-corrected chi connectivity index (χ0v) is 28.1. The molecule has 2 aliphatic rings. The largest absolute Gasteiger partial charge is 0.466 e. The minimum Gasteiger partial charge on any atom is -0.466 e. The van der Waals surface area contributed by atoms with Gasteiger partial charge in [0.15, 0.2) is 0 Å². The van der Waals surface area contributed by atoms with Gasteiger partial charge in [-0.15, -0.1) is 0 Å². The lowest BCUT2D eigenvalue weighted by Crippen LogP contribution is -2.42. The van der Waals surface area contributed by atoms with Crippen LogP contribution in [0, 0.1) is 32.1 Å². The van der Waals surface area contributed by atoms with Crippen molar-refractivity contribution >= 4 is 59.0 Å². The minimum absolute atomic E-state index is 0.157. The zero-order chi connectivity index (χ0) is 35.5. The van der Waals surface area contributed by atoms with Crippen LogP contribution in [-0.4, -0.2) is 82.8 Å². The normalized spacial score (nSPS) is 18.0. The molecule has 0 aromatic heterocycles. The third-order valence-electron chi connectivity index (χ3n) is 8.12. The molecule has 0 aliphatic carbocycles. The van der Waals surface area contributed by atoms with Gasteiger partial charge in [-0.25, -0.2) is 0 Å². The van der Waals surface area contributed by atoms with E-state index in [4.69, 9.17) is 9.47 Å². The lowest BCUT2D eigenvalue weighted by Gasteiger charge is -2.30. The molecule has 0 bridgehead atoms. The van der Waals surface area contributed by atoms with Gasteiger partial charge in [-0.1, -0.05) is 23.9 Å². The third kappa shape index (κ3) is 9.98. The van der Waals surface area contributed by atoms with Gasteiger partial charge in [0.05, 0.1) is 44.7 Å². The Morgan fingerprint density at radius 1 is 0.755 bits per heavy atom. The first-order chi connectivity index (χ1) is 23.5. The molecule has 2 aromatic carbocycles. The van der Waals surface area contributed by atoms with Gasteiger partial charge in [-0.2, -0.15) is 0 Å². The predicted octanol–water partition coefficient (Wildman–Crippen LogP) is 5.28. The Balaban J connectivity index is 1.45. The SMILES string of the molecule is CCOC(=O)C1CCCN(C(=O)/C=C/c2ccc(Sc3ccc(/C=C/C(=O)N4CCCC(C(=O)OCC)C4)cc3[N+](=O)[O-])c([N+](=O)[O-])c2)C1. The van der Waals surface area contributed by atoms with Crippen molar-refractivity contribution in [2.75, 3.05) is 39.4 Å². The van der Waals surface area contributed by atoms with Crippen LogP contribution in [0.1, 0.15) is 50.7 Å². The number of carbonyl (C=O) groups is 4. The van der Waals surface area contributed by atoms with Crippen molar-refractivity contribution in [2.45, 2.75) is 49.3 Å². The summed E-state index contributed by atoms with van der Waals surface area (Å²) in [6.45, 7) is 5.39. The molecule has 0 radical (unpaired) electrons. The highest BCUT2D eigenvalue weighted by molar-refractivity contribution is 7.99. The molecule has 2 fully saturated rings. The molecule has 2 unspecified atom stereocenters. The average molecular weight is 695 g/mol. The van der Waals surface area contributed by atoms with E-state index >= 15 is 0 Å². The summed E-state index contributed by atoms with van der Waals surface area (Å²) in [6.07, 6.45) is 8.06. The number of nitro groups is 2. The molecule has 260 valence electrons. The summed E-state index contributed by atoms with van der Waals surface area (Å²) >= 11 is 0.853. The number of likely N-dealkylation sites (tertiary alicyclic amines) is 2. The number of benzene rings is 2. The van der Waals surface area contributed by atoms with Crippen molar-refractivity contribution in [1.82, 2.24) is 9.80 Å². The van der Waals surface area contributed by atoms with E-state index in [0.29, 0.717) is 49.9 Å². The van der Waals surface area contributed by atoms with Crippen LogP contribution in [0.5, 0.6) is 0 Å². The van der Waals surface area contributed by atoms with Crippen molar-refractivity contribution in [1.29, 1.82) is 0 Å². The Kier molecular flexibility index (Phi) is 13.0. The highest BCUT2D eigenvalue weighted by Gasteiger charge is 2.30. The molecular weight excluding hydrogens is 656 g/mol. The summed E-state index contributed by atoms with van der Waals surface area (Å²) in [7, 11) is 0. The number of hydrogen-bond donors (Lipinski definition) is 0. The molecule has 49 heavy (non-hydrogen) atoms. The average Bonchev–Trinajstić information content (AvgIpc) is 3.10. The van der Waals surface area contributed by atoms with Crippen LogP contribution in [0.3, 0.4) is 0 Å². The molecular formula is C34H38N4O10S. The van der Waals surface area contributed by atoms with E-state index in [0.717, 1.165) is 11.8 Å². The molecule has 14 nitrogen and oxygen atoms in total. The van der Waals surface area contributed by atoms with Crippen LogP contribution in [0.2, 0.25) is 0 Å². The predicted molar refractivity (Wildman–Crippen MR) is 180 cm³/mol. The Hall–Kier alpha value is -5.05. The lowest BCUT2D eigenvalue weighted by atomic mass is 9.98. The van der Waals surface area contributed by atoms with Crippen LogP contribution in [0.15, 0.2) is 58.3 Å². The second-order valence-corrected chi connectivity index (χ2v) is 12.6. The molecule has 2 heterocycles. The first-order valence-corrected chi connectivity index (χ1v) is 16.8. The molecule has 2 aromatic rings. The fourth-order valence-electron chi connectivity index (χ4n) is 5.66. The first kappa shape index (κ1) is 36.8. The summed E-state index contributed by atoms with van der Waals surface area (Å²) in [4.78, 5) is 76.1. The van der Waals surface area contributed by atoms with E-state index in [2.05, 4.69) is 0 Å². The first-order valence-electron chi connectivity index (χ1n) is 16.0. The maximum Gasteiger partial charge on any atom is 0.310 e. The van der Waals surface area contributed by atoms with E-state index in [-0.39, 0.29) is 71.2 Å². The van der Waals surface area contributed by atoms with Crippen molar-refractivity contribution in [2.24, 2.45) is 11.8 Å². The number of ether oxygens (including phenoxy) is 2. The number of esters is 2. The van der Waals surface area contributed by atoms with E-state index in [1.165, 1.54) is 48.6 Å². The summed E-state index contributed by atoms with van der Waals surface area (Å²) < 4.78 is 10.2. The summed E-state index contributed by atoms with van der Waals surface area (Å²) in [5.74, 6) is -2.14. The maximum atomic E-state index is 12.8. The van der Waals surface area contributed by atoms with Gasteiger partial charge < -0.3 is 19.3 Å². The van der Waals surface area contributed by atoms with Crippen molar-refractivity contribution in [3.05, 3.63) is 79.9 Å². The molecule has 0 spiro atoms. The van der Waals surface area contributed by atoms with Crippen LogP contribution in [0.4, 0.5) is 11.4 Å². The topological polar surface area (TPSA) is 180 Å². The highest BCUT2D eigenvalue weighted by Crippen LogP contribution is 2.40. The van der Waals surface area contributed by atoms with Crippen LogP contribution in [-0.2, 0) is 28.7 Å². The molecule has 2 aliphatic heterocycles. The van der Waals surface area contributed by atoms with Crippen LogP contribution >= 0.6 is 11.8 Å². The molecule has 2 amide bonds. The number of amides is 2. The van der Waals surface area contributed by atoms with E-state index < -0.39 is 21.7 Å². The van der Waals surface area contributed by atoms with Gasteiger partial charge in [-0.05, 0) is 74.9 Å². The number of nitrogens with zero attached hydrogens (tertiary/aromatic N) is 4.